The van der Waals surface area contributed by atoms with E-state index in [1.165, 1.54) is 11.8 Å². The number of nitrogens with one attached hydrogen (secondary N) is 1. The smallest absolute Gasteiger partial charge is 0.272 e. The predicted molar refractivity (Wildman–Crippen MR) is 102 cm³/mol. The Hall–Kier alpha value is -2.18. The van der Waals surface area contributed by atoms with E-state index in [1.54, 1.807) is 23.0 Å². The lowest BCUT2D eigenvalue weighted by atomic mass is 10.0. The van der Waals surface area contributed by atoms with E-state index in [4.69, 9.17) is 11.6 Å². The summed E-state index contributed by atoms with van der Waals surface area (Å²) in [6.07, 6.45) is 3.69. The number of hydrogen-bond donors (Lipinski definition) is 1. The van der Waals surface area contributed by atoms with Crippen molar-refractivity contribution in [1.82, 2.24) is 19.8 Å². The third kappa shape index (κ3) is 2.65. The highest BCUT2D eigenvalue weighted by Crippen LogP contribution is 2.44. The Kier molecular flexibility index (Phi) is 3.89. The van der Waals surface area contributed by atoms with Crippen LogP contribution in [0.1, 0.15) is 12.6 Å². The van der Waals surface area contributed by atoms with E-state index < -0.39 is 0 Å². The van der Waals surface area contributed by atoms with E-state index in [-0.39, 0.29) is 10.9 Å². The molecule has 0 saturated heterocycles. The van der Waals surface area contributed by atoms with Gasteiger partial charge in [0, 0.05) is 36.1 Å². The van der Waals surface area contributed by atoms with Crippen LogP contribution in [0.25, 0.3) is 11.3 Å². The Labute approximate surface area is 155 Å². The maximum Gasteiger partial charge on any atom is 0.272 e. The summed E-state index contributed by atoms with van der Waals surface area (Å²) in [4.78, 5) is 20.4. The summed E-state index contributed by atoms with van der Waals surface area (Å²) in [5, 5.41) is 4.09. The maximum absolute atomic E-state index is 13.0. The van der Waals surface area contributed by atoms with Crippen molar-refractivity contribution < 1.29 is 0 Å². The van der Waals surface area contributed by atoms with Crippen molar-refractivity contribution >= 4 is 28.9 Å². The van der Waals surface area contributed by atoms with Crippen LogP contribution in [0.2, 0.25) is 5.02 Å². The summed E-state index contributed by atoms with van der Waals surface area (Å²) < 4.78 is 1.57. The monoisotopic (exact) mass is 372 g/mol. The van der Waals surface area contributed by atoms with Gasteiger partial charge in [0.05, 0.1) is 11.4 Å². The topological polar surface area (TPSA) is 50.2 Å². The van der Waals surface area contributed by atoms with Crippen molar-refractivity contribution in [3.05, 3.63) is 69.1 Å². The van der Waals surface area contributed by atoms with E-state index in [0.29, 0.717) is 9.92 Å². The molecule has 1 aromatic heterocycles. The first-order valence-electron chi connectivity index (χ1n) is 7.86. The van der Waals surface area contributed by atoms with Crippen LogP contribution in [-0.2, 0) is 0 Å². The second kappa shape index (κ2) is 5.97. The molecule has 1 aromatic carbocycles. The van der Waals surface area contributed by atoms with Crippen LogP contribution >= 0.6 is 23.4 Å². The van der Waals surface area contributed by atoms with Crippen LogP contribution in [0.5, 0.6) is 0 Å². The molecule has 128 valence electrons. The largest absolute Gasteiger partial charge is 0.377 e. The second-order valence-electron chi connectivity index (χ2n) is 6.24. The number of likely N-dealkylation sites (N-methyl/N-ethyl adjacent to an activating group) is 1. The number of dihydropyridines is 1. The standard InChI is InChI=1S/C18H17ClN4OS/c1-10-8-13(22(2)3)14-15-16(25-17(14)21-10)18(24)23(9-20-15)12-6-4-11(19)5-7-12/h4-9,17,21H,1-3H3. The summed E-state index contributed by atoms with van der Waals surface area (Å²) in [5.41, 5.74) is 4.70. The van der Waals surface area contributed by atoms with Crippen LogP contribution in [-0.4, -0.2) is 33.9 Å². The third-order valence-electron chi connectivity index (χ3n) is 4.26. The lowest BCUT2D eigenvalue weighted by Crippen LogP contribution is -2.30. The number of rotatable bonds is 2. The average molecular weight is 373 g/mol. The molecular formula is C18H17ClN4OS. The number of aromatic nitrogens is 2. The number of fused-ring (bicyclic) bond motifs is 3. The van der Waals surface area contributed by atoms with Gasteiger partial charge in [-0.3, -0.25) is 9.36 Å². The van der Waals surface area contributed by atoms with E-state index >= 15 is 0 Å². The van der Waals surface area contributed by atoms with Crippen LogP contribution < -0.4 is 10.9 Å². The highest BCUT2D eigenvalue weighted by Gasteiger charge is 2.36. The van der Waals surface area contributed by atoms with Gasteiger partial charge in [0.2, 0.25) is 0 Å². The van der Waals surface area contributed by atoms with Gasteiger partial charge in [0.1, 0.15) is 16.6 Å². The molecule has 7 heteroatoms. The minimum absolute atomic E-state index is 0.0127. The van der Waals surface area contributed by atoms with Gasteiger partial charge in [0.25, 0.3) is 5.56 Å². The number of thioether (sulfide) groups is 1. The molecule has 0 fully saturated rings. The normalized spacial score (nSPS) is 18.4. The molecule has 2 aliphatic heterocycles. The van der Waals surface area contributed by atoms with Crippen LogP contribution in [0.15, 0.2) is 57.8 Å². The summed E-state index contributed by atoms with van der Waals surface area (Å²) in [5.74, 6) is 0. The molecule has 0 amide bonds. The van der Waals surface area contributed by atoms with E-state index in [9.17, 15) is 4.79 Å². The van der Waals surface area contributed by atoms with E-state index in [0.717, 1.165) is 28.3 Å². The molecule has 0 bridgehead atoms. The number of allylic oxidation sites excluding steroid dienone is 2. The molecule has 2 aliphatic rings. The van der Waals surface area contributed by atoms with Gasteiger partial charge in [-0.2, -0.15) is 0 Å². The van der Waals surface area contributed by atoms with Gasteiger partial charge in [0.15, 0.2) is 0 Å². The fourth-order valence-electron chi connectivity index (χ4n) is 3.08. The molecule has 0 aliphatic carbocycles. The molecule has 1 atom stereocenters. The average Bonchev–Trinajstić information content (AvgIpc) is 2.94. The zero-order valence-electron chi connectivity index (χ0n) is 14.1. The molecule has 4 rings (SSSR count). The summed E-state index contributed by atoms with van der Waals surface area (Å²) in [7, 11) is 4.01. The van der Waals surface area contributed by atoms with Crippen molar-refractivity contribution in [1.29, 1.82) is 0 Å². The first-order chi connectivity index (χ1) is 12.0. The number of nitrogens with zero attached hydrogens (tertiary/aromatic N) is 3. The SMILES string of the molecule is CC1=CC(N(C)C)=C2c3ncn(-c4ccc(Cl)cc4)c(=O)c3SC2N1. The van der Waals surface area contributed by atoms with Crippen LogP contribution in [0, 0.1) is 0 Å². The molecular weight excluding hydrogens is 356 g/mol. The van der Waals surface area contributed by atoms with E-state index in [2.05, 4.69) is 21.3 Å². The molecule has 1 unspecified atom stereocenters. The Morgan fingerprint density at radius 1 is 1.28 bits per heavy atom. The molecule has 1 N–H and O–H groups in total. The first kappa shape index (κ1) is 16.3. The van der Waals surface area contributed by atoms with Gasteiger partial charge in [-0.05, 0) is 37.3 Å². The number of hydrogen-bond acceptors (Lipinski definition) is 5. The summed E-state index contributed by atoms with van der Waals surface area (Å²) in [6, 6.07) is 7.17. The van der Waals surface area contributed by atoms with Crippen molar-refractivity contribution in [2.45, 2.75) is 17.2 Å². The van der Waals surface area contributed by atoms with Crippen LogP contribution in [0.4, 0.5) is 0 Å². The van der Waals surface area contributed by atoms with Gasteiger partial charge >= 0.3 is 0 Å². The van der Waals surface area contributed by atoms with Gasteiger partial charge in [-0.1, -0.05) is 23.4 Å². The second-order valence-corrected chi connectivity index (χ2v) is 7.79. The Morgan fingerprint density at radius 3 is 2.68 bits per heavy atom. The molecule has 5 nitrogen and oxygen atoms in total. The quantitative estimate of drug-likeness (QED) is 0.877. The van der Waals surface area contributed by atoms with Gasteiger partial charge in [-0.25, -0.2) is 4.98 Å². The molecule has 2 aromatic rings. The van der Waals surface area contributed by atoms with Crippen molar-refractivity contribution in [3.8, 4) is 5.69 Å². The molecule has 25 heavy (non-hydrogen) atoms. The summed E-state index contributed by atoms with van der Waals surface area (Å²) >= 11 is 7.47. The van der Waals surface area contributed by atoms with Crippen LogP contribution in [0.3, 0.4) is 0 Å². The zero-order chi connectivity index (χ0) is 17.7. The maximum atomic E-state index is 13.0. The number of benzene rings is 1. The van der Waals surface area contributed by atoms with Gasteiger partial charge in [-0.15, -0.1) is 0 Å². The lowest BCUT2D eigenvalue weighted by Gasteiger charge is -2.27. The molecule has 0 saturated carbocycles. The van der Waals surface area contributed by atoms with E-state index in [1.807, 2.05) is 33.2 Å². The third-order valence-corrected chi connectivity index (χ3v) is 5.70. The summed E-state index contributed by atoms with van der Waals surface area (Å²) in [6.45, 7) is 2.03. The molecule has 3 heterocycles. The Balaban J connectivity index is 1.88. The fraction of sp³-hybridized carbons (Fsp3) is 0.222. The minimum Gasteiger partial charge on any atom is -0.377 e. The van der Waals surface area contributed by atoms with Crippen molar-refractivity contribution in [2.24, 2.45) is 0 Å². The van der Waals surface area contributed by atoms with Gasteiger partial charge < -0.3 is 10.2 Å². The minimum atomic E-state index is -0.0585. The fourth-order valence-corrected chi connectivity index (χ4v) is 4.51. The molecule has 0 spiro atoms. The lowest BCUT2D eigenvalue weighted by molar-refractivity contribution is 0.523. The Morgan fingerprint density at radius 2 is 2.00 bits per heavy atom. The first-order valence-corrected chi connectivity index (χ1v) is 9.12. The highest BCUT2D eigenvalue weighted by molar-refractivity contribution is 8.00. The highest BCUT2D eigenvalue weighted by atomic mass is 35.5. The van der Waals surface area contributed by atoms with Crippen molar-refractivity contribution in [3.63, 3.8) is 0 Å². The Bertz CT molecular complexity index is 976. The predicted octanol–water partition coefficient (Wildman–Crippen LogP) is 3.10. The number of halogens is 1. The zero-order valence-corrected chi connectivity index (χ0v) is 15.6. The van der Waals surface area contributed by atoms with Crippen molar-refractivity contribution in [2.75, 3.05) is 14.1 Å². The molecule has 0 radical (unpaired) electrons.